The van der Waals surface area contributed by atoms with Crippen LogP contribution >= 0.6 is 0 Å². The van der Waals surface area contributed by atoms with E-state index in [4.69, 9.17) is 4.74 Å². The smallest absolute Gasteiger partial charge is 0.214 e. The summed E-state index contributed by atoms with van der Waals surface area (Å²) in [5.74, 6) is 0.173. The molecule has 0 aromatic heterocycles. The molecule has 1 N–H and O–H groups in total. The Hall–Kier alpha value is -0.170. The monoisotopic (exact) mass is 304 g/mol. The second-order valence-electron chi connectivity index (χ2n) is 6.23. The highest BCUT2D eigenvalue weighted by Gasteiger charge is 2.56. The van der Waals surface area contributed by atoms with E-state index in [-0.39, 0.29) is 11.2 Å². The third kappa shape index (κ3) is 3.03. The topological polar surface area (TPSA) is 58.6 Å². The Balaban J connectivity index is 1.85. The van der Waals surface area contributed by atoms with Crippen LogP contribution in [-0.2, 0) is 14.8 Å². The normalized spacial score (nSPS) is 29.0. The van der Waals surface area contributed by atoms with Crippen molar-refractivity contribution in [1.82, 2.24) is 9.62 Å². The Bertz CT molecular complexity index is 416. The number of hydrogen-bond acceptors (Lipinski definition) is 4. The zero-order valence-corrected chi connectivity index (χ0v) is 13.7. The largest absolute Gasteiger partial charge is 0.378 e. The second-order valence-corrected chi connectivity index (χ2v) is 8.53. The van der Waals surface area contributed by atoms with Gasteiger partial charge in [0.25, 0.3) is 0 Å². The van der Waals surface area contributed by atoms with Crippen LogP contribution in [0, 0.1) is 5.41 Å². The third-order valence-electron chi connectivity index (χ3n) is 4.99. The quantitative estimate of drug-likeness (QED) is 0.768. The lowest BCUT2D eigenvalue weighted by Crippen LogP contribution is -2.63. The maximum absolute atomic E-state index is 11.8. The van der Waals surface area contributed by atoms with Gasteiger partial charge in [0.05, 0.1) is 11.9 Å². The minimum absolute atomic E-state index is 0.173. The number of nitrogens with zero attached hydrogens (tertiary/aromatic N) is 1. The lowest BCUT2D eigenvalue weighted by Gasteiger charge is -2.54. The first-order valence-corrected chi connectivity index (χ1v) is 9.28. The third-order valence-corrected chi connectivity index (χ3v) is 6.83. The van der Waals surface area contributed by atoms with Gasteiger partial charge >= 0.3 is 0 Å². The zero-order chi connectivity index (χ0) is 14.8. The molecular weight excluding hydrogens is 276 g/mol. The van der Waals surface area contributed by atoms with Crippen LogP contribution in [-0.4, -0.2) is 57.9 Å². The summed E-state index contributed by atoms with van der Waals surface area (Å²) in [4.78, 5) is 0. The number of hydrogen-bond donors (Lipinski definition) is 1. The average Bonchev–Trinajstić information content (AvgIpc) is 2.88. The minimum Gasteiger partial charge on any atom is -0.378 e. The van der Waals surface area contributed by atoms with Crippen molar-refractivity contribution in [3.05, 3.63) is 0 Å². The highest BCUT2D eigenvalue weighted by molar-refractivity contribution is 7.89. The van der Waals surface area contributed by atoms with Crippen LogP contribution in [0.5, 0.6) is 0 Å². The molecule has 0 radical (unpaired) electrons. The SMILES string of the molecule is CCOC1CC(NCCS(=O)(=O)N(C)C)C12CCCC2. The van der Waals surface area contributed by atoms with E-state index in [1.54, 1.807) is 14.1 Å². The van der Waals surface area contributed by atoms with Gasteiger partial charge in [-0.3, -0.25) is 0 Å². The van der Waals surface area contributed by atoms with E-state index in [1.807, 2.05) is 6.92 Å². The van der Waals surface area contributed by atoms with Crippen LogP contribution < -0.4 is 5.32 Å². The van der Waals surface area contributed by atoms with Gasteiger partial charge < -0.3 is 10.1 Å². The van der Waals surface area contributed by atoms with E-state index in [1.165, 1.54) is 30.0 Å². The van der Waals surface area contributed by atoms with Crippen molar-refractivity contribution in [2.45, 2.75) is 51.2 Å². The molecule has 6 heteroatoms. The molecule has 118 valence electrons. The summed E-state index contributed by atoms with van der Waals surface area (Å²) in [5, 5.41) is 3.47. The van der Waals surface area contributed by atoms with Gasteiger partial charge in [-0.1, -0.05) is 12.8 Å². The van der Waals surface area contributed by atoms with Gasteiger partial charge in [0.2, 0.25) is 10.0 Å². The molecule has 2 saturated carbocycles. The molecule has 5 nitrogen and oxygen atoms in total. The molecule has 0 bridgehead atoms. The maximum atomic E-state index is 11.8. The van der Waals surface area contributed by atoms with E-state index < -0.39 is 10.0 Å². The molecule has 2 aliphatic carbocycles. The molecule has 20 heavy (non-hydrogen) atoms. The molecule has 0 amide bonds. The highest BCUT2D eigenvalue weighted by atomic mass is 32.2. The first-order chi connectivity index (χ1) is 9.42. The lowest BCUT2D eigenvalue weighted by atomic mass is 9.60. The van der Waals surface area contributed by atoms with Crippen molar-refractivity contribution in [2.24, 2.45) is 5.41 Å². The Morgan fingerprint density at radius 1 is 1.30 bits per heavy atom. The van der Waals surface area contributed by atoms with Crippen LogP contribution in [0.3, 0.4) is 0 Å². The van der Waals surface area contributed by atoms with Crippen LogP contribution in [0.1, 0.15) is 39.0 Å². The summed E-state index contributed by atoms with van der Waals surface area (Å²) in [6.45, 7) is 3.35. The number of sulfonamides is 1. The van der Waals surface area contributed by atoms with Gasteiger partial charge in [0.1, 0.15) is 0 Å². The fourth-order valence-electron chi connectivity index (χ4n) is 3.72. The molecule has 0 aliphatic heterocycles. The van der Waals surface area contributed by atoms with Gasteiger partial charge in [-0.05, 0) is 26.2 Å². The molecule has 1 spiro atoms. The summed E-state index contributed by atoms with van der Waals surface area (Å²) in [6, 6.07) is 0.430. The number of ether oxygens (including phenoxy) is 1. The van der Waals surface area contributed by atoms with Gasteiger partial charge in [-0.2, -0.15) is 0 Å². The first kappa shape index (κ1) is 16.2. The van der Waals surface area contributed by atoms with Crippen LogP contribution in [0.4, 0.5) is 0 Å². The van der Waals surface area contributed by atoms with Crippen molar-refractivity contribution in [3.63, 3.8) is 0 Å². The van der Waals surface area contributed by atoms with E-state index in [2.05, 4.69) is 5.32 Å². The number of rotatable bonds is 7. The predicted molar refractivity (Wildman–Crippen MR) is 80.2 cm³/mol. The Morgan fingerprint density at radius 3 is 2.50 bits per heavy atom. The summed E-state index contributed by atoms with van der Waals surface area (Å²) >= 11 is 0. The molecule has 2 fully saturated rings. The van der Waals surface area contributed by atoms with Crippen molar-refractivity contribution < 1.29 is 13.2 Å². The Labute approximate surface area is 123 Å². The molecule has 0 aromatic rings. The molecule has 0 heterocycles. The standard InChI is InChI=1S/C14H28N2O3S/c1-4-19-13-11-12(14(13)7-5-6-8-14)15-9-10-20(17,18)16(2)3/h12-13,15H,4-11H2,1-3H3. The van der Waals surface area contributed by atoms with Crippen molar-refractivity contribution in [3.8, 4) is 0 Å². The fraction of sp³-hybridized carbons (Fsp3) is 1.00. The maximum Gasteiger partial charge on any atom is 0.214 e. The van der Waals surface area contributed by atoms with Crippen molar-refractivity contribution in [1.29, 1.82) is 0 Å². The van der Waals surface area contributed by atoms with Gasteiger partial charge in [-0.15, -0.1) is 0 Å². The van der Waals surface area contributed by atoms with E-state index in [0.29, 0.717) is 18.7 Å². The van der Waals surface area contributed by atoms with Gasteiger partial charge in [-0.25, -0.2) is 12.7 Å². The van der Waals surface area contributed by atoms with E-state index in [9.17, 15) is 8.42 Å². The zero-order valence-electron chi connectivity index (χ0n) is 12.9. The molecule has 0 aromatic carbocycles. The van der Waals surface area contributed by atoms with E-state index in [0.717, 1.165) is 13.0 Å². The van der Waals surface area contributed by atoms with Gasteiger partial charge in [0, 0.05) is 38.7 Å². The summed E-state index contributed by atoms with van der Waals surface area (Å²) in [7, 11) is 0.0739. The van der Waals surface area contributed by atoms with Crippen LogP contribution in [0.2, 0.25) is 0 Å². The van der Waals surface area contributed by atoms with Gasteiger partial charge in [0.15, 0.2) is 0 Å². The highest BCUT2D eigenvalue weighted by Crippen LogP contribution is 2.54. The van der Waals surface area contributed by atoms with Crippen LogP contribution in [0.15, 0.2) is 0 Å². The molecule has 0 saturated heterocycles. The molecule has 2 rings (SSSR count). The molecular formula is C14H28N2O3S. The summed E-state index contributed by atoms with van der Waals surface area (Å²) in [6.07, 6.45) is 6.38. The lowest BCUT2D eigenvalue weighted by molar-refractivity contribution is -0.129. The van der Waals surface area contributed by atoms with Crippen molar-refractivity contribution in [2.75, 3.05) is 33.0 Å². The number of nitrogens with one attached hydrogen (secondary N) is 1. The summed E-state index contributed by atoms with van der Waals surface area (Å²) in [5.41, 5.74) is 0.276. The van der Waals surface area contributed by atoms with E-state index >= 15 is 0 Å². The fourth-order valence-corrected chi connectivity index (χ4v) is 4.46. The Kier molecular flexibility index (Phi) is 5.10. The van der Waals surface area contributed by atoms with Crippen molar-refractivity contribution >= 4 is 10.0 Å². The Morgan fingerprint density at radius 2 is 1.95 bits per heavy atom. The first-order valence-electron chi connectivity index (χ1n) is 7.67. The second kappa shape index (κ2) is 6.30. The molecule has 2 unspecified atom stereocenters. The molecule has 2 atom stereocenters. The van der Waals surface area contributed by atoms with Crippen LogP contribution in [0.25, 0.3) is 0 Å². The minimum atomic E-state index is -3.10. The average molecular weight is 304 g/mol. The summed E-state index contributed by atoms with van der Waals surface area (Å²) < 4.78 is 30.7. The predicted octanol–water partition coefficient (Wildman–Crippen LogP) is 1.21. The molecule has 2 aliphatic rings.